The van der Waals surface area contributed by atoms with Crippen LogP contribution in [0.3, 0.4) is 0 Å². The molecule has 29 heavy (non-hydrogen) atoms. The van der Waals surface area contributed by atoms with E-state index in [9.17, 15) is 13.2 Å². The minimum Gasteiger partial charge on any atom is -0.349 e. The minimum absolute atomic E-state index is 0.0242. The van der Waals surface area contributed by atoms with E-state index >= 15 is 0 Å². The van der Waals surface area contributed by atoms with E-state index in [2.05, 4.69) is 33.0 Å². The summed E-state index contributed by atoms with van der Waals surface area (Å²) < 4.78 is 29.7. The third kappa shape index (κ3) is 7.35. The van der Waals surface area contributed by atoms with Gasteiger partial charge in [-0.2, -0.15) is 17.0 Å². The first-order valence-corrected chi connectivity index (χ1v) is 12.9. The van der Waals surface area contributed by atoms with Gasteiger partial charge in [-0.1, -0.05) is 27.7 Å². The van der Waals surface area contributed by atoms with Crippen molar-refractivity contribution in [3.05, 3.63) is 21.9 Å². The van der Waals surface area contributed by atoms with Crippen LogP contribution in [-0.4, -0.2) is 55.2 Å². The molecule has 1 aliphatic rings. The van der Waals surface area contributed by atoms with Gasteiger partial charge < -0.3 is 5.32 Å². The number of hydrogen-bond acceptors (Lipinski definition) is 4. The zero-order valence-electron chi connectivity index (χ0n) is 18.5. The fraction of sp³-hybridized carbons (Fsp3) is 0.762. The predicted octanol–water partition coefficient (Wildman–Crippen LogP) is 3.89. The van der Waals surface area contributed by atoms with Crippen LogP contribution in [0.2, 0.25) is 0 Å². The summed E-state index contributed by atoms with van der Waals surface area (Å²) in [6, 6.07) is 3.81. The van der Waals surface area contributed by atoms with Crippen molar-refractivity contribution in [3.63, 3.8) is 0 Å². The van der Waals surface area contributed by atoms with Gasteiger partial charge in [-0.15, -0.1) is 11.3 Å². The summed E-state index contributed by atoms with van der Waals surface area (Å²) in [7, 11) is -3.46. The molecular formula is C21H37N3O3S2. The number of rotatable bonds is 10. The molecule has 0 aliphatic carbocycles. The van der Waals surface area contributed by atoms with Crippen molar-refractivity contribution in [2.45, 2.75) is 66.3 Å². The Morgan fingerprint density at radius 1 is 1.14 bits per heavy atom. The lowest BCUT2D eigenvalue weighted by Crippen LogP contribution is -2.51. The lowest BCUT2D eigenvalue weighted by Gasteiger charge is -2.35. The van der Waals surface area contributed by atoms with Crippen molar-refractivity contribution in [2.75, 3.05) is 26.2 Å². The van der Waals surface area contributed by atoms with Crippen molar-refractivity contribution in [3.8, 4) is 0 Å². The van der Waals surface area contributed by atoms with E-state index in [1.54, 1.807) is 8.61 Å². The molecule has 0 aromatic carbocycles. The van der Waals surface area contributed by atoms with Gasteiger partial charge in [0.2, 0.25) is 0 Å². The van der Waals surface area contributed by atoms with Crippen LogP contribution < -0.4 is 5.32 Å². The van der Waals surface area contributed by atoms with Crippen molar-refractivity contribution in [2.24, 2.45) is 11.8 Å². The quantitative estimate of drug-likeness (QED) is 0.596. The fourth-order valence-electron chi connectivity index (χ4n) is 3.35. The minimum atomic E-state index is -3.46. The molecule has 6 nitrogen and oxygen atoms in total. The Bertz CT molecular complexity index is 739. The van der Waals surface area contributed by atoms with Crippen LogP contribution in [0.4, 0.5) is 0 Å². The average Bonchev–Trinajstić information content (AvgIpc) is 3.08. The van der Waals surface area contributed by atoms with Crippen molar-refractivity contribution in [1.82, 2.24) is 13.9 Å². The van der Waals surface area contributed by atoms with Gasteiger partial charge in [0.25, 0.3) is 16.1 Å². The van der Waals surface area contributed by atoms with Gasteiger partial charge >= 0.3 is 0 Å². The fourth-order valence-corrected chi connectivity index (χ4v) is 5.80. The molecule has 0 saturated carbocycles. The van der Waals surface area contributed by atoms with Gasteiger partial charge in [0, 0.05) is 37.1 Å². The molecule has 0 spiro atoms. The molecular weight excluding hydrogens is 406 g/mol. The van der Waals surface area contributed by atoms with Gasteiger partial charge in [0.15, 0.2) is 0 Å². The van der Waals surface area contributed by atoms with Crippen LogP contribution in [-0.2, 0) is 10.2 Å². The van der Waals surface area contributed by atoms with Crippen LogP contribution in [0, 0.1) is 18.8 Å². The monoisotopic (exact) mass is 443 g/mol. The lowest BCUT2D eigenvalue weighted by atomic mass is 10.1. The number of aryl methyl sites for hydroxylation is 1. The van der Waals surface area contributed by atoms with Gasteiger partial charge in [-0.3, -0.25) is 4.79 Å². The third-order valence-electron chi connectivity index (χ3n) is 5.32. The molecule has 2 heterocycles. The van der Waals surface area contributed by atoms with Crippen LogP contribution in [0.15, 0.2) is 12.1 Å². The van der Waals surface area contributed by atoms with E-state index in [0.29, 0.717) is 55.7 Å². The highest BCUT2D eigenvalue weighted by Gasteiger charge is 2.33. The second kappa shape index (κ2) is 10.9. The number of nitrogens with one attached hydrogen (secondary N) is 1. The van der Waals surface area contributed by atoms with Crippen LogP contribution in [0.25, 0.3) is 0 Å². The molecule has 1 N–H and O–H groups in total. The van der Waals surface area contributed by atoms with Gasteiger partial charge in [0.1, 0.15) is 0 Å². The maximum Gasteiger partial charge on any atom is 0.281 e. The Morgan fingerprint density at radius 3 is 2.14 bits per heavy atom. The molecule has 166 valence electrons. The second-order valence-corrected chi connectivity index (χ2v) is 12.0. The summed E-state index contributed by atoms with van der Waals surface area (Å²) in [4.78, 5) is 14.2. The Kier molecular flexibility index (Phi) is 9.13. The summed E-state index contributed by atoms with van der Waals surface area (Å²) in [5, 5.41) is 3.07. The molecule has 1 aromatic heterocycles. The summed E-state index contributed by atoms with van der Waals surface area (Å²) in [5.41, 5.74) is 0. The van der Waals surface area contributed by atoms with Crippen LogP contribution >= 0.6 is 11.3 Å². The Morgan fingerprint density at radius 2 is 1.69 bits per heavy atom. The smallest absolute Gasteiger partial charge is 0.281 e. The zero-order valence-corrected chi connectivity index (χ0v) is 20.1. The SMILES string of the molecule is Cc1ccc(C(=O)NC2CCN(S(=O)(=O)N(CCC(C)C)CCC(C)C)CC2)s1. The third-order valence-corrected chi connectivity index (χ3v) is 8.35. The molecule has 1 amide bonds. The topological polar surface area (TPSA) is 69.7 Å². The first kappa shape index (κ1) is 24.3. The maximum atomic E-state index is 13.2. The van der Waals surface area contributed by atoms with E-state index in [4.69, 9.17) is 0 Å². The van der Waals surface area contributed by atoms with Crippen LogP contribution in [0.5, 0.6) is 0 Å². The van der Waals surface area contributed by atoms with Gasteiger partial charge in [0.05, 0.1) is 4.88 Å². The number of hydrogen-bond donors (Lipinski definition) is 1. The van der Waals surface area contributed by atoms with E-state index in [1.807, 2.05) is 19.1 Å². The number of amides is 1. The molecule has 1 aliphatic heterocycles. The highest BCUT2D eigenvalue weighted by Crippen LogP contribution is 2.21. The highest BCUT2D eigenvalue weighted by molar-refractivity contribution is 7.86. The molecule has 1 aromatic rings. The summed E-state index contributed by atoms with van der Waals surface area (Å²) >= 11 is 1.48. The van der Waals surface area contributed by atoms with E-state index < -0.39 is 10.2 Å². The van der Waals surface area contributed by atoms with Crippen LogP contribution in [0.1, 0.15) is 67.9 Å². The second-order valence-electron chi connectivity index (χ2n) is 8.83. The summed E-state index contributed by atoms with van der Waals surface area (Å²) in [6.07, 6.45) is 3.03. The van der Waals surface area contributed by atoms with Gasteiger partial charge in [-0.05, 0) is 56.6 Å². The zero-order chi connectivity index (χ0) is 21.6. The van der Waals surface area contributed by atoms with Crippen molar-refractivity contribution in [1.29, 1.82) is 0 Å². The Balaban J connectivity index is 1.94. The first-order chi connectivity index (χ1) is 13.6. The highest BCUT2D eigenvalue weighted by atomic mass is 32.2. The first-order valence-electron chi connectivity index (χ1n) is 10.7. The molecule has 0 atom stereocenters. The maximum absolute atomic E-state index is 13.2. The number of thiophene rings is 1. The number of carbonyl (C=O) groups is 1. The van der Waals surface area contributed by atoms with E-state index in [1.165, 1.54) is 11.3 Å². The summed E-state index contributed by atoms with van der Waals surface area (Å²) in [6.45, 7) is 12.5. The van der Waals surface area contributed by atoms with Crippen molar-refractivity contribution < 1.29 is 13.2 Å². The standard InChI is InChI=1S/C21H37N3O3S2/c1-16(2)8-12-23(13-9-17(3)4)29(26,27)24-14-10-19(11-15-24)22-21(25)20-7-6-18(5)28-20/h6-7,16-17,19H,8-15H2,1-5H3,(H,22,25). The number of carbonyl (C=O) groups excluding carboxylic acids is 1. The molecule has 1 fully saturated rings. The normalized spacial score (nSPS) is 16.8. The Labute approximate surface area is 180 Å². The van der Waals surface area contributed by atoms with E-state index in [-0.39, 0.29) is 11.9 Å². The molecule has 1 saturated heterocycles. The lowest BCUT2D eigenvalue weighted by molar-refractivity contribution is 0.0927. The summed E-state index contributed by atoms with van der Waals surface area (Å²) in [5.74, 6) is 0.877. The predicted molar refractivity (Wildman–Crippen MR) is 121 cm³/mol. The largest absolute Gasteiger partial charge is 0.349 e. The molecule has 0 unspecified atom stereocenters. The Hall–Kier alpha value is -0.960. The number of piperidine rings is 1. The molecule has 8 heteroatoms. The van der Waals surface area contributed by atoms with Gasteiger partial charge in [-0.25, -0.2) is 0 Å². The number of nitrogens with zero attached hydrogens (tertiary/aromatic N) is 2. The van der Waals surface area contributed by atoms with Crippen molar-refractivity contribution >= 4 is 27.5 Å². The molecule has 2 rings (SSSR count). The van der Waals surface area contributed by atoms with E-state index in [0.717, 1.165) is 17.7 Å². The molecule has 0 bridgehead atoms. The average molecular weight is 444 g/mol. The molecule has 0 radical (unpaired) electrons.